The molecule has 4 nitrogen and oxygen atoms in total. The molecule has 0 spiro atoms. The Kier molecular flexibility index (Phi) is 3.06. The molecule has 0 bridgehead atoms. The van der Waals surface area contributed by atoms with Crippen molar-refractivity contribution in [3.63, 3.8) is 0 Å². The number of para-hydroxylation sites is 1. The maximum atomic E-state index is 12.3. The molecule has 114 valence electrons. The van der Waals surface area contributed by atoms with Crippen LogP contribution in [0.4, 0.5) is 0 Å². The van der Waals surface area contributed by atoms with Gasteiger partial charge in [0.25, 0.3) is 0 Å². The smallest absolute Gasteiger partial charge is 0.244 e. The number of H-pyrrole nitrogens is 1. The van der Waals surface area contributed by atoms with Gasteiger partial charge in [0.2, 0.25) is 5.91 Å². The van der Waals surface area contributed by atoms with Gasteiger partial charge in [0, 0.05) is 28.6 Å². The highest BCUT2D eigenvalue weighted by molar-refractivity contribution is 5.99. The third-order valence-corrected chi connectivity index (χ3v) is 5.61. The first-order chi connectivity index (χ1) is 10.7. The van der Waals surface area contributed by atoms with Crippen LogP contribution >= 0.6 is 0 Å². The fourth-order valence-electron chi connectivity index (χ4n) is 4.29. The molecule has 1 heterocycles. The van der Waals surface area contributed by atoms with Crippen LogP contribution in [0.3, 0.4) is 0 Å². The Bertz CT molecular complexity index is 748. The van der Waals surface area contributed by atoms with E-state index < -0.39 is 0 Å². The molecule has 2 saturated carbocycles. The molecular formula is C18H21N3O. The molecule has 0 radical (unpaired) electrons. The van der Waals surface area contributed by atoms with E-state index in [9.17, 15) is 4.79 Å². The minimum atomic E-state index is 0.0884. The van der Waals surface area contributed by atoms with Gasteiger partial charge in [-0.15, -0.1) is 0 Å². The number of aromatic amines is 1. The first-order valence-electron chi connectivity index (χ1n) is 8.09. The van der Waals surface area contributed by atoms with E-state index in [1.54, 1.807) is 6.21 Å². The van der Waals surface area contributed by atoms with Crippen LogP contribution in [-0.4, -0.2) is 17.1 Å². The number of rotatable bonds is 3. The van der Waals surface area contributed by atoms with Crippen molar-refractivity contribution < 1.29 is 4.79 Å². The lowest BCUT2D eigenvalue weighted by Gasteiger charge is -2.15. The van der Waals surface area contributed by atoms with Crippen LogP contribution in [0, 0.1) is 17.3 Å². The molecule has 0 unspecified atom stereocenters. The number of hydrogen-bond donors (Lipinski definition) is 2. The van der Waals surface area contributed by atoms with Gasteiger partial charge in [0.1, 0.15) is 0 Å². The van der Waals surface area contributed by atoms with Crippen molar-refractivity contribution in [3.05, 3.63) is 36.0 Å². The monoisotopic (exact) mass is 295 g/mol. The molecule has 22 heavy (non-hydrogen) atoms. The number of fused-ring (bicyclic) bond motifs is 2. The molecule has 4 heteroatoms. The molecule has 2 N–H and O–H groups in total. The number of hydrazone groups is 1. The first-order valence-corrected chi connectivity index (χ1v) is 8.09. The van der Waals surface area contributed by atoms with Crippen molar-refractivity contribution in [1.29, 1.82) is 0 Å². The summed E-state index contributed by atoms with van der Waals surface area (Å²) in [5.41, 5.74) is 5.06. The van der Waals surface area contributed by atoms with E-state index in [0.717, 1.165) is 16.5 Å². The molecular weight excluding hydrogens is 274 g/mol. The van der Waals surface area contributed by atoms with Gasteiger partial charge in [-0.3, -0.25) is 4.79 Å². The van der Waals surface area contributed by atoms with Crippen LogP contribution in [0.15, 0.2) is 35.6 Å². The minimum absolute atomic E-state index is 0.0884. The van der Waals surface area contributed by atoms with Crippen molar-refractivity contribution in [2.24, 2.45) is 22.4 Å². The maximum Gasteiger partial charge on any atom is 0.244 e. The second-order valence-electron chi connectivity index (χ2n) is 6.86. The zero-order chi connectivity index (χ0) is 15.2. The number of amides is 1. The van der Waals surface area contributed by atoms with Crippen LogP contribution in [0.25, 0.3) is 10.9 Å². The van der Waals surface area contributed by atoms with Crippen molar-refractivity contribution in [2.45, 2.75) is 32.6 Å². The average Bonchev–Trinajstić information content (AvgIpc) is 2.96. The summed E-state index contributed by atoms with van der Waals surface area (Å²) in [5, 5.41) is 5.29. The van der Waals surface area contributed by atoms with E-state index in [0.29, 0.717) is 5.92 Å². The molecule has 2 aliphatic carbocycles. The summed E-state index contributed by atoms with van der Waals surface area (Å²) in [6.07, 6.45) is 8.55. The largest absolute Gasteiger partial charge is 0.361 e. The van der Waals surface area contributed by atoms with Gasteiger partial charge >= 0.3 is 0 Å². The van der Waals surface area contributed by atoms with E-state index in [2.05, 4.69) is 22.4 Å². The predicted molar refractivity (Wildman–Crippen MR) is 87.6 cm³/mol. The zero-order valence-electron chi connectivity index (χ0n) is 12.8. The second kappa shape index (κ2) is 4.97. The van der Waals surface area contributed by atoms with Crippen molar-refractivity contribution in [2.75, 3.05) is 0 Å². The molecule has 2 aliphatic rings. The molecule has 1 aromatic carbocycles. The van der Waals surface area contributed by atoms with Crippen LogP contribution in [0.1, 0.15) is 38.2 Å². The summed E-state index contributed by atoms with van der Waals surface area (Å²) >= 11 is 0. The summed E-state index contributed by atoms with van der Waals surface area (Å²) in [7, 11) is 0. The molecule has 4 rings (SSSR count). The molecule has 0 saturated heterocycles. The van der Waals surface area contributed by atoms with Gasteiger partial charge in [0.05, 0.1) is 6.21 Å². The Labute approximate surface area is 130 Å². The lowest BCUT2D eigenvalue weighted by molar-refractivity contribution is -0.123. The minimum Gasteiger partial charge on any atom is -0.361 e. The second-order valence-corrected chi connectivity index (χ2v) is 6.86. The number of benzene rings is 1. The lowest BCUT2D eigenvalue weighted by atomic mass is 9.90. The van der Waals surface area contributed by atoms with Gasteiger partial charge in [-0.2, -0.15) is 5.10 Å². The molecule has 1 aromatic heterocycles. The van der Waals surface area contributed by atoms with E-state index in [1.165, 1.54) is 25.7 Å². The van der Waals surface area contributed by atoms with Crippen molar-refractivity contribution in [3.8, 4) is 0 Å². The highest BCUT2D eigenvalue weighted by Crippen LogP contribution is 2.66. The van der Waals surface area contributed by atoms with Crippen LogP contribution in [0.5, 0.6) is 0 Å². The third-order valence-electron chi connectivity index (χ3n) is 5.61. The fraction of sp³-hybridized carbons (Fsp3) is 0.444. The van der Waals surface area contributed by atoms with E-state index >= 15 is 0 Å². The van der Waals surface area contributed by atoms with E-state index in [4.69, 9.17) is 0 Å². The molecule has 1 amide bonds. The number of nitrogens with one attached hydrogen (secondary N) is 2. The number of carbonyl (C=O) groups excluding carboxylic acids is 1. The normalized spacial score (nSPS) is 30.4. The van der Waals surface area contributed by atoms with E-state index in [-0.39, 0.29) is 17.2 Å². The summed E-state index contributed by atoms with van der Waals surface area (Å²) in [6.45, 7) is 2.25. The summed E-state index contributed by atoms with van der Waals surface area (Å²) in [5.74, 6) is 0.824. The van der Waals surface area contributed by atoms with Crippen LogP contribution in [-0.2, 0) is 4.79 Å². The lowest BCUT2D eigenvalue weighted by Crippen LogP contribution is -2.22. The summed E-state index contributed by atoms with van der Waals surface area (Å²) in [4.78, 5) is 15.5. The van der Waals surface area contributed by atoms with Gasteiger partial charge in [-0.1, -0.05) is 38.0 Å². The number of aromatic nitrogens is 1. The summed E-state index contributed by atoms with van der Waals surface area (Å²) in [6, 6.07) is 8.07. The number of nitrogens with zero attached hydrogens (tertiary/aromatic N) is 1. The Morgan fingerprint density at radius 2 is 2.27 bits per heavy atom. The molecule has 2 aromatic rings. The van der Waals surface area contributed by atoms with Gasteiger partial charge < -0.3 is 4.98 Å². The molecule has 0 aliphatic heterocycles. The van der Waals surface area contributed by atoms with Crippen LogP contribution in [0.2, 0.25) is 0 Å². The Morgan fingerprint density at radius 3 is 3.09 bits per heavy atom. The zero-order valence-corrected chi connectivity index (χ0v) is 12.8. The molecule has 2 fully saturated rings. The maximum absolute atomic E-state index is 12.3. The Balaban J connectivity index is 1.43. The fourth-order valence-corrected chi connectivity index (χ4v) is 4.29. The SMILES string of the molecule is C[C@]12CCCC[C@H]1[C@H]2C(=O)N/N=C\c1c[nH]c2ccccc12. The van der Waals surface area contributed by atoms with E-state index in [1.807, 2.05) is 30.5 Å². The summed E-state index contributed by atoms with van der Waals surface area (Å²) < 4.78 is 0. The first kappa shape index (κ1) is 13.6. The standard InChI is InChI=1S/C18H21N3O/c1-18-9-5-4-7-14(18)16(18)17(22)21-20-11-12-10-19-15-8-3-2-6-13(12)15/h2-3,6,8,10-11,14,16,19H,4-5,7,9H2,1H3,(H,21,22)/b20-11-/t14-,16-,18-/m0/s1. The highest BCUT2D eigenvalue weighted by atomic mass is 16.2. The highest BCUT2D eigenvalue weighted by Gasteiger charge is 2.64. The Hall–Kier alpha value is -2.10. The quantitative estimate of drug-likeness (QED) is 0.661. The predicted octanol–water partition coefficient (Wildman–Crippen LogP) is 3.44. The van der Waals surface area contributed by atoms with Gasteiger partial charge in [-0.25, -0.2) is 5.43 Å². The third kappa shape index (κ3) is 2.05. The average molecular weight is 295 g/mol. The Morgan fingerprint density at radius 1 is 1.41 bits per heavy atom. The molecule has 3 atom stereocenters. The van der Waals surface area contributed by atoms with Gasteiger partial charge in [-0.05, 0) is 30.2 Å². The number of hydrogen-bond acceptors (Lipinski definition) is 2. The topological polar surface area (TPSA) is 57.2 Å². The number of carbonyl (C=O) groups is 1. The van der Waals surface area contributed by atoms with Crippen molar-refractivity contribution in [1.82, 2.24) is 10.4 Å². The van der Waals surface area contributed by atoms with Crippen molar-refractivity contribution >= 4 is 23.0 Å². The van der Waals surface area contributed by atoms with Gasteiger partial charge in [0.15, 0.2) is 0 Å². The van der Waals surface area contributed by atoms with Crippen LogP contribution < -0.4 is 5.43 Å².